The second-order valence-electron chi connectivity index (χ2n) is 8.11. The molecule has 3 rings (SSSR count). The monoisotopic (exact) mass is 334 g/mol. The summed E-state index contributed by atoms with van der Waals surface area (Å²) in [5, 5.41) is 20.1. The number of hydrogen-bond donors (Lipinski definition) is 2. The third-order valence-corrected chi connectivity index (χ3v) is 7.29. The Labute approximate surface area is 144 Å². The van der Waals surface area contributed by atoms with Gasteiger partial charge in [0.2, 0.25) is 0 Å². The largest absolute Gasteiger partial charge is 0.458 e. The molecule has 1 fully saturated rings. The maximum absolute atomic E-state index is 11.8. The van der Waals surface area contributed by atoms with E-state index in [9.17, 15) is 15.0 Å². The van der Waals surface area contributed by atoms with Gasteiger partial charge in [-0.2, -0.15) is 0 Å². The van der Waals surface area contributed by atoms with Crippen molar-refractivity contribution in [1.29, 1.82) is 0 Å². The van der Waals surface area contributed by atoms with E-state index in [2.05, 4.69) is 19.9 Å². The molecule has 1 saturated carbocycles. The first kappa shape index (κ1) is 17.7. The number of fused-ring (bicyclic) bond motifs is 1. The molecule has 4 unspecified atom stereocenters. The van der Waals surface area contributed by atoms with Gasteiger partial charge < -0.3 is 14.9 Å². The minimum atomic E-state index is -0.279. The summed E-state index contributed by atoms with van der Waals surface area (Å²) in [6.45, 7) is 5.19. The van der Waals surface area contributed by atoms with Gasteiger partial charge in [-0.15, -0.1) is 0 Å². The first-order chi connectivity index (χ1) is 11.5. The molecule has 0 spiro atoms. The quantitative estimate of drug-likeness (QED) is 0.599. The summed E-state index contributed by atoms with van der Waals surface area (Å²) in [5.74, 6) is 0.720. The maximum Gasteiger partial charge on any atom is 0.334 e. The zero-order valence-electron chi connectivity index (χ0n) is 14.9. The van der Waals surface area contributed by atoms with Crippen LogP contribution >= 0.6 is 0 Å². The number of ether oxygens (including phenoxy) is 1. The summed E-state index contributed by atoms with van der Waals surface area (Å²) >= 11 is 0. The van der Waals surface area contributed by atoms with Crippen LogP contribution in [0.1, 0.15) is 52.4 Å². The number of aliphatic hydroxyl groups is 2. The van der Waals surface area contributed by atoms with Crippen molar-refractivity contribution in [1.82, 2.24) is 0 Å². The van der Waals surface area contributed by atoms with Gasteiger partial charge >= 0.3 is 5.97 Å². The lowest BCUT2D eigenvalue weighted by atomic mass is 9.46. The maximum atomic E-state index is 11.8. The number of aliphatic hydroxyl groups excluding tert-OH is 2. The summed E-state index contributed by atoms with van der Waals surface area (Å²) in [6.07, 6.45) is 9.73. The van der Waals surface area contributed by atoms with E-state index in [4.69, 9.17) is 4.74 Å². The number of rotatable bonds is 5. The predicted octanol–water partition coefficient (Wildman–Crippen LogP) is 2.99. The van der Waals surface area contributed by atoms with Gasteiger partial charge in [-0.05, 0) is 67.4 Å². The van der Waals surface area contributed by atoms with Crippen LogP contribution in [0.2, 0.25) is 0 Å². The Balaban J connectivity index is 1.87. The molecule has 2 N–H and O–H groups in total. The highest BCUT2D eigenvalue weighted by molar-refractivity contribution is 5.90. The van der Waals surface area contributed by atoms with Crippen LogP contribution in [0.3, 0.4) is 0 Å². The second kappa shape index (κ2) is 6.64. The Kier molecular flexibility index (Phi) is 4.89. The van der Waals surface area contributed by atoms with Gasteiger partial charge in [-0.3, -0.25) is 0 Å². The lowest BCUT2D eigenvalue weighted by Crippen LogP contribution is -2.53. The lowest BCUT2D eigenvalue weighted by molar-refractivity contribution is -0.136. The molecule has 1 aliphatic heterocycles. The second-order valence-corrected chi connectivity index (χ2v) is 8.11. The fraction of sp³-hybridized carbons (Fsp3) is 0.750. The summed E-state index contributed by atoms with van der Waals surface area (Å²) in [6, 6.07) is 0. The minimum Gasteiger partial charge on any atom is -0.458 e. The van der Waals surface area contributed by atoms with Crippen molar-refractivity contribution in [2.75, 3.05) is 19.8 Å². The molecule has 0 saturated heterocycles. The SMILES string of the molecule is CC1CCC2(CO)C(CO)=CCCC2C1(C)CCC1=CCOC1=O. The van der Waals surface area contributed by atoms with Crippen LogP contribution in [0.5, 0.6) is 0 Å². The molecule has 0 aromatic rings. The van der Waals surface area contributed by atoms with Gasteiger partial charge in [0.05, 0.1) is 13.2 Å². The van der Waals surface area contributed by atoms with E-state index in [1.807, 2.05) is 6.08 Å². The minimum absolute atomic E-state index is 0.0407. The Hall–Kier alpha value is -1.13. The van der Waals surface area contributed by atoms with Crippen LogP contribution in [-0.4, -0.2) is 36.0 Å². The van der Waals surface area contributed by atoms with Crippen molar-refractivity contribution in [2.45, 2.75) is 52.4 Å². The molecule has 4 nitrogen and oxygen atoms in total. The molecular formula is C20H30O4. The Morgan fingerprint density at radius 1 is 1.29 bits per heavy atom. The van der Waals surface area contributed by atoms with Crippen LogP contribution in [0.15, 0.2) is 23.3 Å². The van der Waals surface area contributed by atoms with E-state index in [1.165, 1.54) is 0 Å². The average Bonchev–Trinajstić information content (AvgIpc) is 3.01. The van der Waals surface area contributed by atoms with Gasteiger partial charge in [-0.1, -0.05) is 19.9 Å². The number of carbonyl (C=O) groups excluding carboxylic acids is 1. The van der Waals surface area contributed by atoms with Crippen molar-refractivity contribution in [3.05, 3.63) is 23.3 Å². The molecule has 0 aromatic heterocycles. The van der Waals surface area contributed by atoms with Crippen LogP contribution in [0, 0.1) is 22.7 Å². The summed E-state index contributed by atoms with van der Waals surface area (Å²) in [4.78, 5) is 11.8. The Morgan fingerprint density at radius 3 is 2.71 bits per heavy atom. The highest BCUT2D eigenvalue weighted by atomic mass is 16.5. The van der Waals surface area contributed by atoms with Crippen molar-refractivity contribution >= 4 is 5.97 Å². The first-order valence-electron chi connectivity index (χ1n) is 9.25. The Bertz CT molecular complexity index is 564. The molecule has 4 atom stereocenters. The van der Waals surface area contributed by atoms with Crippen LogP contribution in [0.25, 0.3) is 0 Å². The van der Waals surface area contributed by atoms with Crippen molar-refractivity contribution in [3.63, 3.8) is 0 Å². The van der Waals surface area contributed by atoms with Crippen LogP contribution < -0.4 is 0 Å². The number of allylic oxidation sites excluding steroid dienone is 1. The topological polar surface area (TPSA) is 66.8 Å². The molecule has 0 aromatic carbocycles. The first-order valence-corrected chi connectivity index (χ1v) is 9.25. The molecule has 1 heterocycles. The Morgan fingerprint density at radius 2 is 2.08 bits per heavy atom. The van der Waals surface area contributed by atoms with E-state index >= 15 is 0 Å². The molecule has 2 aliphatic carbocycles. The number of carbonyl (C=O) groups is 1. The lowest BCUT2D eigenvalue weighted by Gasteiger charge is -2.58. The fourth-order valence-corrected chi connectivity index (χ4v) is 5.51. The van der Waals surface area contributed by atoms with Crippen LogP contribution in [0.4, 0.5) is 0 Å². The van der Waals surface area contributed by atoms with Gasteiger partial charge in [0.25, 0.3) is 0 Å². The van der Waals surface area contributed by atoms with Crippen molar-refractivity contribution < 1.29 is 19.7 Å². The predicted molar refractivity (Wildman–Crippen MR) is 92.2 cm³/mol. The number of cyclic esters (lactones) is 1. The van der Waals surface area contributed by atoms with Crippen LogP contribution in [-0.2, 0) is 9.53 Å². The summed E-state index contributed by atoms with van der Waals surface area (Å²) in [5.41, 5.74) is 1.61. The van der Waals surface area contributed by atoms with E-state index in [0.717, 1.165) is 49.7 Å². The molecule has 4 heteroatoms. The smallest absolute Gasteiger partial charge is 0.334 e. The zero-order valence-corrected chi connectivity index (χ0v) is 14.9. The van der Waals surface area contributed by atoms with Gasteiger partial charge in [0.1, 0.15) is 6.61 Å². The highest BCUT2D eigenvalue weighted by Crippen LogP contribution is 2.61. The molecule has 3 aliphatic rings. The standard InChI is InChI=1S/C20H30O4/c1-14-6-10-20(13-22)16(12-21)4-3-5-17(20)19(14,2)9-7-15-8-11-24-18(15)23/h4,8,14,17,21-22H,3,5-7,9-13H2,1-2H3. The third kappa shape index (κ3) is 2.64. The molecule has 0 radical (unpaired) electrons. The molecule has 0 bridgehead atoms. The van der Waals surface area contributed by atoms with Gasteiger partial charge in [0, 0.05) is 11.0 Å². The third-order valence-electron chi connectivity index (χ3n) is 7.29. The van der Waals surface area contributed by atoms with E-state index < -0.39 is 0 Å². The molecular weight excluding hydrogens is 304 g/mol. The van der Waals surface area contributed by atoms with E-state index in [1.54, 1.807) is 0 Å². The highest BCUT2D eigenvalue weighted by Gasteiger charge is 2.55. The number of hydrogen-bond acceptors (Lipinski definition) is 4. The van der Waals surface area contributed by atoms with E-state index in [0.29, 0.717) is 18.4 Å². The van der Waals surface area contributed by atoms with Crippen molar-refractivity contribution in [3.8, 4) is 0 Å². The average molecular weight is 334 g/mol. The zero-order chi connectivity index (χ0) is 17.4. The summed E-state index contributed by atoms with van der Waals surface area (Å²) in [7, 11) is 0. The van der Waals surface area contributed by atoms with Crippen molar-refractivity contribution in [2.24, 2.45) is 22.7 Å². The molecule has 24 heavy (non-hydrogen) atoms. The molecule has 134 valence electrons. The molecule has 0 amide bonds. The fourth-order valence-electron chi connectivity index (χ4n) is 5.51. The summed E-state index contributed by atoms with van der Waals surface area (Å²) < 4.78 is 5.03. The van der Waals surface area contributed by atoms with Gasteiger partial charge in [0.15, 0.2) is 0 Å². The van der Waals surface area contributed by atoms with E-state index in [-0.39, 0.29) is 30.0 Å². The number of esters is 1. The van der Waals surface area contributed by atoms with Gasteiger partial charge in [-0.25, -0.2) is 4.79 Å². The normalized spacial score (nSPS) is 39.1.